The van der Waals surface area contributed by atoms with E-state index in [1.807, 2.05) is 12.2 Å². The predicted molar refractivity (Wildman–Crippen MR) is 113 cm³/mol. The van der Waals surface area contributed by atoms with E-state index in [4.69, 9.17) is 14.2 Å². The van der Waals surface area contributed by atoms with Gasteiger partial charge in [-0.05, 0) is 38.2 Å². The number of unbranched alkanes of at least 4 members (excludes halogenated alkanes) is 2. The number of fused-ring (bicyclic) bond motifs is 1. The SMILES string of the molecule is CCCCC[C@H]1/C=C/[C@@H]2[C@@H](C/C=C\CCCC(=O)O1)[C@@H](OC(C)=O)C[C@H]2OC(C)=O. The molecule has 0 aromatic rings. The quantitative estimate of drug-likeness (QED) is 0.269. The molecule has 0 aromatic carbocycles. The second kappa shape index (κ2) is 12.6. The molecule has 0 radical (unpaired) electrons. The van der Waals surface area contributed by atoms with E-state index >= 15 is 0 Å². The zero-order chi connectivity index (χ0) is 21.9. The molecule has 0 spiro atoms. The van der Waals surface area contributed by atoms with Crippen molar-refractivity contribution in [3.05, 3.63) is 24.3 Å². The first kappa shape index (κ1) is 24.2. The number of esters is 3. The molecule has 0 N–H and O–H groups in total. The number of allylic oxidation sites excluding steroid dienone is 2. The molecule has 0 bridgehead atoms. The van der Waals surface area contributed by atoms with Crippen LogP contribution in [0.3, 0.4) is 0 Å². The van der Waals surface area contributed by atoms with Gasteiger partial charge in [-0.1, -0.05) is 38.0 Å². The number of cyclic esters (lactones) is 1. The summed E-state index contributed by atoms with van der Waals surface area (Å²) >= 11 is 0. The number of hydrogen-bond acceptors (Lipinski definition) is 6. The molecule has 2 aliphatic rings. The second-order valence-electron chi connectivity index (χ2n) is 8.28. The third-order valence-electron chi connectivity index (χ3n) is 5.75. The monoisotopic (exact) mass is 420 g/mol. The number of rotatable bonds is 6. The summed E-state index contributed by atoms with van der Waals surface area (Å²) in [4.78, 5) is 35.5. The lowest BCUT2D eigenvalue weighted by atomic mass is 9.89. The zero-order valence-electron chi connectivity index (χ0n) is 18.5. The fraction of sp³-hybridized carbons (Fsp3) is 0.708. The van der Waals surface area contributed by atoms with Crippen molar-refractivity contribution in [1.29, 1.82) is 0 Å². The first-order valence-corrected chi connectivity index (χ1v) is 11.3. The second-order valence-corrected chi connectivity index (χ2v) is 8.28. The van der Waals surface area contributed by atoms with Crippen LogP contribution in [-0.2, 0) is 28.6 Å². The van der Waals surface area contributed by atoms with Crippen LogP contribution in [0.15, 0.2) is 24.3 Å². The standard InChI is InChI=1S/C24H36O6/c1-4-5-8-11-19-14-15-21-20(12-9-6-7-10-13-24(27)30-19)22(28-17(2)25)16-23(21)29-18(3)26/h6,9,14-15,19-23H,4-5,7-8,10-13,16H2,1-3H3/b9-6-,15-14+/t19-,20+,21+,22-,23+/m0/s1. The van der Waals surface area contributed by atoms with Gasteiger partial charge in [0.2, 0.25) is 0 Å². The topological polar surface area (TPSA) is 78.9 Å². The van der Waals surface area contributed by atoms with Gasteiger partial charge in [0, 0.05) is 38.5 Å². The van der Waals surface area contributed by atoms with Gasteiger partial charge in [0.15, 0.2) is 0 Å². The van der Waals surface area contributed by atoms with E-state index in [0.717, 1.165) is 44.9 Å². The minimum absolute atomic E-state index is 0.0125. The lowest BCUT2D eigenvalue weighted by molar-refractivity contribution is -0.149. The smallest absolute Gasteiger partial charge is 0.306 e. The average Bonchev–Trinajstić information content (AvgIpc) is 2.97. The Hall–Kier alpha value is -2.11. The van der Waals surface area contributed by atoms with Gasteiger partial charge < -0.3 is 14.2 Å². The van der Waals surface area contributed by atoms with Crippen molar-refractivity contribution in [2.75, 3.05) is 0 Å². The highest BCUT2D eigenvalue weighted by Crippen LogP contribution is 2.40. The van der Waals surface area contributed by atoms with Gasteiger partial charge in [-0.25, -0.2) is 0 Å². The van der Waals surface area contributed by atoms with Gasteiger partial charge in [-0.2, -0.15) is 0 Å². The molecule has 6 nitrogen and oxygen atoms in total. The van der Waals surface area contributed by atoms with Crippen molar-refractivity contribution >= 4 is 17.9 Å². The summed E-state index contributed by atoms with van der Waals surface area (Å²) in [5.74, 6) is -0.940. The maximum Gasteiger partial charge on any atom is 0.306 e. The van der Waals surface area contributed by atoms with Gasteiger partial charge in [0.25, 0.3) is 0 Å². The molecule has 0 amide bonds. The van der Waals surface area contributed by atoms with Crippen molar-refractivity contribution in [2.45, 2.75) is 96.9 Å². The molecule has 30 heavy (non-hydrogen) atoms. The molecule has 168 valence electrons. The van der Waals surface area contributed by atoms with Gasteiger partial charge in [0.1, 0.15) is 18.3 Å². The first-order chi connectivity index (χ1) is 14.4. The van der Waals surface area contributed by atoms with E-state index in [-0.39, 0.29) is 48.1 Å². The van der Waals surface area contributed by atoms with Gasteiger partial charge in [-0.3, -0.25) is 14.4 Å². The molecule has 6 heteroatoms. The number of hydrogen-bond donors (Lipinski definition) is 0. The number of ether oxygens (including phenoxy) is 3. The van der Waals surface area contributed by atoms with Crippen LogP contribution in [0.5, 0.6) is 0 Å². The Morgan fingerprint density at radius 2 is 1.80 bits per heavy atom. The maximum atomic E-state index is 12.2. The van der Waals surface area contributed by atoms with Gasteiger partial charge in [-0.15, -0.1) is 0 Å². The van der Waals surface area contributed by atoms with Crippen LogP contribution in [0, 0.1) is 11.8 Å². The molecule has 1 fully saturated rings. The van der Waals surface area contributed by atoms with E-state index in [0.29, 0.717) is 12.8 Å². The molecule has 0 saturated heterocycles. The van der Waals surface area contributed by atoms with E-state index in [1.54, 1.807) is 0 Å². The number of carbonyl (C=O) groups excluding carboxylic acids is 3. The van der Waals surface area contributed by atoms with Crippen molar-refractivity contribution < 1.29 is 28.6 Å². The lowest BCUT2D eigenvalue weighted by Crippen LogP contribution is -2.25. The lowest BCUT2D eigenvalue weighted by Gasteiger charge is -2.23. The highest BCUT2D eigenvalue weighted by molar-refractivity contribution is 5.69. The first-order valence-electron chi connectivity index (χ1n) is 11.3. The molecule has 1 aliphatic carbocycles. The largest absolute Gasteiger partial charge is 0.462 e. The average molecular weight is 421 g/mol. The summed E-state index contributed by atoms with van der Waals surface area (Å²) in [6.45, 7) is 4.94. The van der Waals surface area contributed by atoms with Crippen LogP contribution in [0.2, 0.25) is 0 Å². The van der Waals surface area contributed by atoms with E-state index in [1.165, 1.54) is 13.8 Å². The Morgan fingerprint density at radius 1 is 1.07 bits per heavy atom. The summed E-state index contributed by atoms with van der Waals surface area (Å²) in [5.41, 5.74) is 0. The van der Waals surface area contributed by atoms with E-state index in [9.17, 15) is 14.4 Å². The van der Waals surface area contributed by atoms with Crippen LogP contribution >= 0.6 is 0 Å². The van der Waals surface area contributed by atoms with E-state index in [2.05, 4.69) is 19.1 Å². The summed E-state index contributed by atoms with van der Waals surface area (Å²) in [7, 11) is 0. The minimum atomic E-state index is -0.362. The zero-order valence-corrected chi connectivity index (χ0v) is 18.5. The molecule has 5 atom stereocenters. The molecule has 2 rings (SSSR count). The fourth-order valence-corrected chi connectivity index (χ4v) is 4.35. The van der Waals surface area contributed by atoms with Crippen molar-refractivity contribution in [1.82, 2.24) is 0 Å². The Balaban J connectivity index is 2.28. The normalized spacial score (nSPS) is 31.8. The minimum Gasteiger partial charge on any atom is -0.462 e. The third-order valence-corrected chi connectivity index (χ3v) is 5.75. The highest BCUT2D eigenvalue weighted by Gasteiger charge is 2.45. The summed E-state index contributed by atoms with van der Waals surface area (Å²) in [6, 6.07) is 0. The highest BCUT2D eigenvalue weighted by atomic mass is 16.6. The van der Waals surface area contributed by atoms with Crippen LogP contribution < -0.4 is 0 Å². The molecule has 0 aromatic heterocycles. The van der Waals surface area contributed by atoms with Crippen LogP contribution in [0.1, 0.15) is 78.6 Å². The van der Waals surface area contributed by atoms with E-state index < -0.39 is 0 Å². The Bertz CT molecular complexity index is 638. The Kier molecular flexibility index (Phi) is 10.1. The van der Waals surface area contributed by atoms with Crippen LogP contribution in [0.25, 0.3) is 0 Å². The number of carbonyl (C=O) groups is 3. The maximum absolute atomic E-state index is 12.2. The third kappa shape index (κ3) is 7.96. The molecule has 0 unspecified atom stereocenters. The van der Waals surface area contributed by atoms with Crippen LogP contribution in [0.4, 0.5) is 0 Å². The van der Waals surface area contributed by atoms with Crippen molar-refractivity contribution in [2.24, 2.45) is 11.8 Å². The fourth-order valence-electron chi connectivity index (χ4n) is 4.35. The molecule has 1 heterocycles. The Labute approximate surface area is 180 Å². The molecule has 1 aliphatic heterocycles. The van der Waals surface area contributed by atoms with Crippen molar-refractivity contribution in [3.63, 3.8) is 0 Å². The van der Waals surface area contributed by atoms with Gasteiger partial charge >= 0.3 is 17.9 Å². The van der Waals surface area contributed by atoms with Crippen molar-refractivity contribution in [3.8, 4) is 0 Å². The summed E-state index contributed by atoms with van der Waals surface area (Å²) in [6.07, 6.45) is 14.2. The predicted octanol–water partition coefficient (Wildman–Crippen LogP) is 4.66. The Morgan fingerprint density at radius 3 is 2.50 bits per heavy atom. The molecule has 1 saturated carbocycles. The molecular weight excluding hydrogens is 384 g/mol. The summed E-state index contributed by atoms with van der Waals surface area (Å²) < 4.78 is 16.9. The van der Waals surface area contributed by atoms with Crippen LogP contribution in [-0.4, -0.2) is 36.2 Å². The molecular formula is C24H36O6. The summed E-state index contributed by atoms with van der Waals surface area (Å²) in [5, 5.41) is 0. The van der Waals surface area contributed by atoms with Gasteiger partial charge in [0.05, 0.1) is 0 Å².